The van der Waals surface area contributed by atoms with Crippen LogP contribution in [0.2, 0.25) is 15.1 Å². The van der Waals surface area contributed by atoms with Gasteiger partial charge in [0.1, 0.15) is 5.02 Å². The molecule has 0 bridgehead atoms. The standard InChI is InChI=1S/C6H4Cl2.C6H4ClNO2/c7-5-3-1-2-4-6(5)8;7-5-3-1-2-4-6(5)8(9)10/h1-4H;1-4H. The highest BCUT2D eigenvalue weighted by atomic mass is 35.5. The van der Waals surface area contributed by atoms with E-state index in [2.05, 4.69) is 0 Å². The van der Waals surface area contributed by atoms with Gasteiger partial charge in [0.2, 0.25) is 0 Å². The zero-order valence-corrected chi connectivity index (χ0v) is 11.3. The molecule has 0 aliphatic heterocycles. The van der Waals surface area contributed by atoms with Gasteiger partial charge in [-0.2, -0.15) is 0 Å². The molecule has 94 valence electrons. The Bertz CT molecular complexity index is 525. The van der Waals surface area contributed by atoms with Gasteiger partial charge < -0.3 is 0 Å². The first-order valence-electron chi connectivity index (χ1n) is 4.81. The van der Waals surface area contributed by atoms with Crippen molar-refractivity contribution in [2.45, 2.75) is 0 Å². The fourth-order valence-corrected chi connectivity index (χ4v) is 1.52. The molecule has 0 fully saturated rings. The van der Waals surface area contributed by atoms with Crippen molar-refractivity contribution in [3.8, 4) is 0 Å². The largest absolute Gasteiger partial charge is 0.287 e. The Hall–Kier alpha value is -1.29. The highest BCUT2D eigenvalue weighted by Gasteiger charge is 2.08. The van der Waals surface area contributed by atoms with Gasteiger partial charge in [-0.15, -0.1) is 0 Å². The highest BCUT2D eigenvalue weighted by molar-refractivity contribution is 6.41. The quantitative estimate of drug-likeness (QED) is 0.534. The van der Waals surface area contributed by atoms with Crippen molar-refractivity contribution in [3.63, 3.8) is 0 Å². The zero-order chi connectivity index (χ0) is 13.5. The van der Waals surface area contributed by atoms with Gasteiger partial charge in [-0.1, -0.05) is 59.1 Å². The van der Waals surface area contributed by atoms with Gasteiger partial charge in [0.05, 0.1) is 15.0 Å². The Morgan fingerprint density at radius 1 is 0.778 bits per heavy atom. The Balaban J connectivity index is 0.000000184. The fraction of sp³-hybridized carbons (Fsp3) is 0. The summed E-state index contributed by atoms with van der Waals surface area (Å²) in [6.45, 7) is 0. The Morgan fingerprint density at radius 3 is 1.44 bits per heavy atom. The number of hydrogen-bond donors (Lipinski definition) is 0. The highest BCUT2D eigenvalue weighted by Crippen LogP contribution is 2.22. The molecule has 0 heterocycles. The average Bonchev–Trinajstić information content (AvgIpc) is 2.34. The van der Waals surface area contributed by atoms with Crippen LogP contribution >= 0.6 is 34.8 Å². The number of benzene rings is 2. The molecule has 0 N–H and O–H groups in total. The SMILES string of the molecule is Clc1ccccc1Cl.O=[N+]([O-])c1ccccc1Cl. The number of rotatable bonds is 1. The molecule has 0 aliphatic rings. The second kappa shape index (κ2) is 7.21. The molecule has 0 spiro atoms. The van der Waals surface area contributed by atoms with Gasteiger partial charge in [0.25, 0.3) is 5.69 Å². The van der Waals surface area contributed by atoms with Crippen LogP contribution in [0.5, 0.6) is 0 Å². The van der Waals surface area contributed by atoms with Crippen molar-refractivity contribution in [2.75, 3.05) is 0 Å². The molecule has 0 unspecified atom stereocenters. The van der Waals surface area contributed by atoms with Crippen LogP contribution in [0.3, 0.4) is 0 Å². The molecule has 0 aliphatic carbocycles. The summed E-state index contributed by atoms with van der Waals surface area (Å²) in [5.41, 5.74) is -0.0517. The van der Waals surface area contributed by atoms with E-state index in [9.17, 15) is 10.1 Å². The van der Waals surface area contributed by atoms with Gasteiger partial charge in [-0.05, 0) is 18.2 Å². The third-order valence-corrected chi connectivity index (χ3v) is 2.95. The summed E-state index contributed by atoms with van der Waals surface area (Å²) < 4.78 is 0. The van der Waals surface area contributed by atoms with Crippen LogP contribution in [0.25, 0.3) is 0 Å². The maximum atomic E-state index is 10.1. The molecule has 2 aromatic carbocycles. The summed E-state index contributed by atoms with van der Waals surface area (Å²) >= 11 is 16.6. The predicted molar refractivity (Wildman–Crippen MR) is 74.6 cm³/mol. The molecule has 6 heteroatoms. The first-order chi connectivity index (χ1) is 8.52. The Kier molecular flexibility index (Phi) is 5.92. The lowest BCUT2D eigenvalue weighted by molar-refractivity contribution is -0.384. The Labute approximate surface area is 119 Å². The van der Waals surface area contributed by atoms with Crippen molar-refractivity contribution < 1.29 is 4.92 Å². The van der Waals surface area contributed by atoms with E-state index in [0.29, 0.717) is 10.0 Å². The summed E-state index contributed by atoms with van der Waals surface area (Å²) in [4.78, 5) is 9.63. The van der Waals surface area contributed by atoms with Gasteiger partial charge in [0.15, 0.2) is 0 Å². The van der Waals surface area contributed by atoms with Crippen molar-refractivity contribution in [1.82, 2.24) is 0 Å². The van der Waals surface area contributed by atoms with Crippen molar-refractivity contribution >= 4 is 40.5 Å². The van der Waals surface area contributed by atoms with Gasteiger partial charge in [-0.25, -0.2) is 0 Å². The third kappa shape index (κ3) is 4.53. The van der Waals surface area contributed by atoms with E-state index in [1.165, 1.54) is 12.1 Å². The van der Waals surface area contributed by atoms with E-state index in [0.717, 1.165) is 0 Å². The molecule has 18 heavy (non-hydrogen) atoms. The molecule has 2 aromatic rings. The Morgan fingerprint density at radius 2 is 1.17 bits per heavy atom. The lowest BCUT2D eigenvalue weighted by Gasteiger charge is -1.90. The second-order valence-corrected chi connectivity index (χ2v) is 4.34. The minimum absolute atomic E-state index is 0.0517. The number of halogens is 3. The monoisotopic (exact) mass is 303 g/mol. The number of nitro benzene ring substituents is 1. The summed E-state index contributed by atoms with van der Waals surface area (Å²) in [7, 11) is 0. The molecule has 0 atom stereocenters. The molecule has 0 saturated carbocycles. The van der Waals surface area contributed by atoms with E-state index in [4.69, 9.17) is 34.8 Å². The van der Waals surface area contributed by atoms with Crippen molar-refractivity contribution in [3.05, 3.63) is 73.7 Å². The number of nitrogens with zero attached hydrogens (tertiary/aromatic N) is 1. The zero-order valence-electron chi connectivity index (χ0n) is 9.02. The molecule has 0 aromatic heterocycles. The minimum Gasteiger partial charge on any atom is -0.258 e. The molecule has 0 radical (unpaired) electrons. The normalized spacial score (nSPS) is 9.28. The predicted octanol–water partition coefficient (Wildman–Crippen LogP) is 5.24. The number of para-hydroxylation sites is 1. The van der Waals surface area contributed by atoms with Crippen LogP contribution in [-0.2, 0) is 0 Å². The van der Waals surface area contributed by atoms with E-state index >= 15 is 0 Å². The van der Waals surface area contributed by atoms with Crippen molar-refractivity contribution in [2.24, 2.45) is 0 Å². The summed E-state index contributed by atoms with van der Waals surface area (Å²) in [6.07, 6.45) is 0. The summed E-state index contributed by atoms with van der Waals surface area (Å²) in [5, 5.41) is 11.5. The molecule has 0 amide bonds. The van der Waals surface area contributed by atoms with Crippen LogP contribution in [0.15, 0.2) is 48.5 Å². The minimum atomic E-state index is -0.512. The maximum Gasteiger partial charge on any atom is 0.287 e. The second-order valence-electron chi connectivity index (χ2n) is 3.12. The first kappa shape index (κ1) is 14.8. The smallest absolute Gasteiger partial charge is 0.258 e. The van der Waals surface area contributed by atoms with E-state index in [1.807, 2.05) is 12.1 Å². The van der Waals surface area contributed by atoms with Crippen LogP contribution in [0.4, 0.5) is 5.69 Å². The molecular formula is C12H8Cl3NO2. The van der Waals surface area contributed by atoms with Gasteiger partial charge in [-0.3, -0.25) is 10.1 Å². The van der Waals surface area contributed by atoms with Gasteiger partial charge in [0, 0.05) is 6.07 Å². The van der Waals surface area contributed by atoms with Crippen LogP contribution in [0.1, 0.15) is 0 Å². The van der Waals surface area contributed by atoms with E-state index in [-0.39, 0.29) is 10.7 Å². The lowest BCUT2D eigenvalue weighted by atomic mass is 10.3. The molecular weight excluding hydrogens is 296 g/mol. The van der Waals surface area contributed by atoms with E-state index < -0.39 is 4.92 Å². The molecule has 0 saturated heterocycles. The van der Waals surface area contributed by atoms with Crippen LogP contribution in [0, 0.1) is 10.1 Å². The van der Waals surface area contributed by atoms with Crippen LogP contribution in [-0.4, -0.2) is 4.92 Å². The van der Waals surface area contributed by atoms with E-state index in [1.54, 1.807) is 24.3 Å². The molecule has 3 nitrogen and oxygen atoms in total. The fourth-order valence-electron chi connectivity index (χ4n) is 1.04. The summed E-state index contributed by atoms with van der Waals surface area (Å²) in [5.74, 6) is 0. The maximum absolute atomic E-state index is 10.1. The number of hydrogen-bond acceptors (Lipinski definition) is 2. The number of nitro groups is 1. The molecule has 2 rings (SSSR count). The van der Waals surface area contributed by atoms with Gasteiger partial charge >= 0.3 is 0 Å². The third-order valence-electron chi connectivity index (χ3n) is 1.87. The average molecular weight is 305 g/mol. The topological polar surface area (TPSA) is 43.1 Å². The summed E-state index contributed by atoms with van der Waals surface area (Å²) in [6, 6.07) is 13.3. The first-order valence-corrected chi connectivity index (χ1v) is 5.94. The van der Waals surface area contributed by atoms with Crippen LogP contribution < -0.4 is 0 Å². The van der Waals surface area contributed by atoms with Crippen molar-refractivity contribution in [1.29, 1.82) is 0 Å². The lowest BCUT2D eigenvalue weighted by Crippen LogP contribution is -1.87.